The lowest BCUT2D eigenvalue weighted by atomic mass is 10.1. The molecule has 0 saturated carbocycles. The summed E-state index contributed by atoms with van der Waals surface area (Å²) in [7, 11) is 0. The second-order valence-corrected chi connectivity index (χ2v) is 3.73. The van der Waals surface area contributed by atoms with E-state index in [4.69, 9.17) is 23.2 Å². The van der Waals surface area contributed by atoms with Gasteiger partial charge in [-0.2, -0.15) is 0 Å². The van der Waals surface area contributed by atoms with Gasteiger partial charge in [-0.15, -0.1) is 0 Å². The standard InChI is InChI=1S/C10H8Cl2N2/c1-2-8-7-4-3-6(11)5-9(7)14-10(12)13-8/h3-5H,2H2,1H3. The monoisotopic (exact) mass is 226 g/mol. The Bertz CT molecular complexity index is 478. The van der Waals surface area contributed by atoms with E-state index in [1.54, 1.807) is 6.07 Å². The van der Waals surface area contributed by atoms with Gasteiger partial charge < -0.3 is 0 Å². The minimum Gasteiger partial charge on any atom is -0.222 e. The van der Waals surface area contributed by atoms with Gasteiger partial charge in [0.25, 0.3) is 0 Å². The molecular formula is C10H8Cl2N2. The molecule has 2 nitrogen and oxygen atoms in total. The molecule has 0 aliphatic carbocycles. The molecule has 0 aliphatic rings. The predicted molar refractivity (Wildman–Crippen MR) is 58.9 cm³/mol. The molecule has 0 radical (unpaired) electrons. The van der Waals surface area contributed by atoms with Crippen molar-refractivity contribution in [3.63, 3.8) is 0 Å². The van der Waals surface area contributed by atoms with E-state index in [2.05, 4.69) is 9.97 Å². The fraction of sp³-hybridized carbons (Fsp3) is 0.200. The molecule has 0 atom stereocenters. The van der Waals surface area contributed by atoms with E-state index in [1.165, 1.54) is 0 Å². The van der Waals surface area contributed by atoms with E-state index in [1.807, 2.05) is 19.1 Å². The summed E-state index contributed by atoms with van der Waals surface area (Å²) in [6.45, 7) is 2.03. The minimum absolute atomic E-state index is 0.275. The van der Waals surface area contributed by atoms with E-state index in [0.717, 1.165) is 23.0 Å². The second kappa shape index (κ2) is 3.71. The molecule has 0 aliphatic heterocycles. The molecule has 0 unspecified atom stereocenters. The maximum Gasteiger partial charge on any atom is 0.223 e. The first-order chi connectivity index (χ1) is 6.70. The predicted octanol–water partition coefficient (Wildman–Crippen LogP) is 3.50. The van der Waals surface area contributed by atoms with Gasteiger partial charge in [0.2, 0.25) is 5.28 Å². The van der Waals surface area contributed by atoms with Crippen LogP contribution in [0.2, 0.25) is 10.3 Å². The number of halogens is 2. The number of nitrogens with zero attached hydrogens (tertiary/aromatic N) is 2. The molecule has 0 N–H and O–H groups in total. The lowest BCUT2D eigenvalue weighted by Gasteiger charge is -2.03. The summed E-state index contributed by atoms with van der Waals surface area (Å²) in [5, 5.41) is 1.95. The Morgan fingerprint density at radius 3 is 2.71 bits per heavy atom. The summed E-state index contributed by atoms with van der Waals surface area (Å²) in [6.07, 6.45) is 0.834. The van der Waals surface area contributed by atoms with Crippen molar-refractivity contribution in [2.24, 2.45) is 0 Å². The highest BCUT2D eigenvalue weighted by Crippen LogP contribution is 2.21. The van der Waals surface area contributed by atoms with Crippen molar-refractivity contribution in [2.75, 3.05) is 0 Å². The van der Waals surface area contributed by atoms with Crippen LogP contribution in [0.3, 0.4) is 0 Å². The van der Waals surface area contributed by atoms with E-state index in [9.17, 15) is 0 Å². The number of rotatable bonds is 1. The van der Waals surface area contributed by atoms with Crippen molar-refractivity contribution in [1.82, 2.24) is 9.97 Å². The molecule has 4 heteroatoms. The molecule has 14 heavy (non-hydrogen) atoms. The summed E-state index contributed by atoms with van der Waals surface area (Å²) in [5.41, 5.74) is 1.76. The van der Waals surface area contributed by atoms with Crippen LogP contribution in [0.5, 0.6) is 0 Å². The minimum atomic E-state index is 0.275. The summed E-state index contributed by atoms with van der Waals surface area (Å²) in [6, 6.07) is 5.55. The van der Waals surface area contributed by atoms with Crippen LogP contribution in [0.1, 0.15) is 12.6 Å². The van der Waals surface area contributed by atoms with Crippen molar-refractivity contribution >= 4 is 34.1 Å². The normalized spacial score (nSPS) is 10.8. The highest BCUT2D eigenvalue weighted by Gasteiger charge is 2.04. The van der Waals surface area contributed by atoms with E-state index >= 15 is 0 Å². The fourth-order valence-corrected chi connectivity index (χ4v) is 1.77. The molecular weight excluding hydrogens is 219 g/mol. The van der Waals surface area contributed by atoms with Crippen molar-refractivity contribution in [1.29, 1.82) is 0 Å². The summed E-state index contributed by atoms with van der Waals surface area (Å²) in [5.74, 6) is 0. The fourth-order valence-electron chi connectivity index (χ4n) is 1.41. The van der Waals surface area contributed by atoms with Crippen molar-refractivity contribution in [3.8, 4) is 0 Å². The van der Waals surface area contributed by atoms with Crippen LogP contribution in [-0.4, -0.2) is 9.97 Å². The number of fused-ring (bicyclic) bond motifs is 1. The average molecular weight is 227 g/mol. The van der Waals surface area contributed by atoms with E-state index in [0.29, 0.717) is 5.02 Å². The van der Waals surface area contributed by atoms with Crippen LogP contribution in [0.15, 0.2) is 18.2 Å². The number of aryl methyl sites for hydroxylation is 1. The van der Waals surface area contributed by atoms with E-state index < -0.39 is 0 Å². The number of benzene rings is 1. The third kappa shape index (κ3) is 1.68. The van der Waals surface area contributed by atoms with Gasteiger partial charge in [-0.05, 0) is 36.2 Å². The van der Waals surface area contributed by atoms with Gasteiger partial charge >= 0.3 is 0 Å². The molecule has 1 aromatic carbocycles. The quantitative estimate of drug-likeness (QED) is 0.696. The Kier molecular flexibility index (Phi) is 2.57. The van der Waals surface area contributed by atoms with Crippen LogP contribution in [0.25, 0.3) is 10.9 Å². The first-order valence-corrected chi connectivity index (χ1v) is 5.08. The zero-order chi connectivity index (χ0) is 10.1. The average Bonchev–Trinajstić information content (AvgIpc) is 2.15. The Hall–Kier alpha value is -0.860. The first-order valence-electron chi connectivity index (χ1n) is 4.32. The number of hydrogen-bond donors (Lipinski definition) is 0. The van der Waals surface area contributed by atoms with Gasteiger partial charge in [0.15, 0.2) is 0 Å². The van der Waals surface area contributed by atoms with Crippen LogP contribution in [-0.2, 0) is 6.42 Å². The summed E-state index contributed by atoms with van der Waals surface area (Å²) < 4.78 is 0. The molecule has 0 spiro atoms. The molecule has 1 heterocycles. The van der Waals surface area contributed by atoms with E-state index in [-0.39, 0.29) is 5.28 Å². The highest BCUT2D eigenvalue weighted by molar-refractivity contribution is 6.31. The highest BCUT2D eigenvalue weighted by atomic mass is 35.5. The molecule has 2 aromatic rings. The molecule has 0 amide bonds. The van der Waals surface area contributed by atoms with Gasteiger partial charge in [-0.1, -0.05) is 18.5 Å². The topological polar surface area (TPSA) is 25.8 Å². The van der Waals surface area contributed by atoms with Crippen LogP contribution in [0.4, 0.5) is 0 Å². The van der Waals surface area contributed by atoms with Gasteiger partial charge in [0.05, 0.1) is 11.2 Å². The second-order valence-electron chi connectivity index (χ2n) is 2.95. The Morgan fingerprint density at radius 1 is 1.21 bits per heavy atom. The Balaban J connectivity index is 2.81. The maximum absolute atomic E-state index is 5.86. The maximum atomic E-state index is 5.86. The zero-order valence-electron chi connectivity index (χ0n) is 7.59. The molecule has 0 fully saturated rings. The van der Waals surface area contributed by atoms with Crippen molar-refractivity contribution < 1.29 is 0 Å². The van der Waals surface area contributed by atoms with Gasteiger partial charge in [0, 0.05) is 10.4 Å². The summed E-state index contributed by atoms with van der Waals surface area (Å²) in [4.78, 5) is 8.28. The van der Waals surface area contributed by atoms with Gasteiger partial charge in [-0.3, -0.25) is 0 Å². The van der Waals surface area contributed by atoms with Gasteiger partial charge in [-0.25, -0.2) is 9.97 Å². The van der Waals surface area contributed by atoms with Crippen LogP contribution >= 0.6 is 23.2 Å². The third-order valence-electron chi connectivity index (χ3n) is 2.05. The third-order valence-corrected chi connectivity index (χ3v) is 2.45. The Morgan fingerprint density at radius 2 is 2.00 bits per heavy atom. The van der Waals surface area contributed by atoms with Crippen molar-refractivity contribution in [3.05, 3.63) is 34.2 Å². The molecule has 72 valence electrons. The lowest BCUT2D eigenvalue weighted by Crippen LogP contribution is -1.93. The SMILES string of the molecule is CCc1nc(Cl)nc2cc(Cl)ccc12. The lowest BCUT2D eigenvalue weighted by molar-refractivity contribution is 1.03. The molecule has 0 saturated heterocycles. The zero-order valence-corrected chi connectivity index (χ0v) is 9.10. The molecule has 1 aromatic heterocycles. The van der Waals surface area contributed by atoms with Gasteiger partial charge in [0.1, 0.15) is 0 Å². The molecule has 2 rings (SSSR count). The molecule has 0 bridgehead atoms. The first kappa shape index (κ1) is 9.69. The Labute approximate surface area is 91.9 Å². The summed E-state index contributed by atoms with van der Waals surface area (Å²) >= 11 is 11.7. The van der Waals surface area contributed by atoms with Crippen molar-refractivity contribution in [2.45, 2.75) is 13.3 Å². The number of aromatic nitrogens is 2. The number of hydrogen-bond acceptors (Lipinski definition) is 2. The smallest absolute Gasteiger partial charge is 0.222 e. The van der Waals surface area contributed by atoms with Crippen LogP contribution < -0.4 is 0 Å². The van der Waals surface area contributed by atoms with Crippen LogP contribution in [0, 0.1) is 0 Å². The largest absolute Gasteiger partial charge is 0.223 e.